The molecule has 2 aromatic carbocycles. The minimum absolute atomic E-state index is 0.318. The van der Waals surface area contributed by atoms with Crippen LogP contribution in [0, 0.1) is 0 Å². The first-order valence-corrected chi connectivity index (χ1v) is 10.8. The van der Waals surface area contributed by atoms with E-state index in [0.29, 0.717) is 13.2 Å². The molecule has 1 atom stereocenters. The maximum atomic E-state index is 10.6. The molecule has 1 saturated heterocycles. The highest BCUT2D eigenvalue weighted by molar-refractivity contribution is 5.33. The highest BCUT2D eigenvalue weighted by Crippen LogP contribution is 2.22. The first kappa shape index (κ1) is 20.4. The van der Waals surface area contributed by atoms with Gasteiger partial charge in [0, 0.05) is 51.4 Å². The first-order valence-electron chi connectivity index (χ1n) is 10.8. The van der Waals surface area contributed by atoms with Crippen LogP contribution in [0.25, 0.3) is 0 Å². The molecule has 0 amide bonds. The van der Waals surface area contributed by atoms with Crippen LogP contribution in [0.4, 0.5) is 0 Å². The molecule has 5 nitrogen and oxygen atoms in total. The van der Waals surface area contributed by atoms with E-state index in [1.807, 2.05) is 12.1 Å². The van der Waals surface area contributed by atoms with Crippen LogP contribution in [0.5, 0.6) is 5.75 Å². The number of aliphatic hydroxyl groups is 1. The van der Waals surface area contributed by atoms with Crippen molar-refractivity contribution >= 4 is 0 Å². The Morgan fingerprint density at radius 2 is 1.76 bits per heavy atom. The maximum absolute atomic E-state index is 10.6. The number of aliphatic hydroxyl groups excluding tert-OH is 1. The van der Waals surface area contributed by atoms with Crippen LogP contribution in [0.1, 0.15) is 23.1 Å². The van der Waals surface area contributed by atoms with Crippen molar-refractivity contribution in [3.05, 3.63) is 65.2 Å². The number of β-amino-alcohol motifs (C(OH)–C–C–N with tert-alkyl or cyclic N) is 1. The SMILES string of the molecule is OC(COc1ccccc1CN1CCCOCC1)CN1CCc2ccccc2C1. The number of benzene rings is 2. The number of rotatable bonds is 7. The summed E-state index contributed by atoms with van der Waals surface area (Å²) in [5, 5.41) is 10.6. The van der Waals surface area contributed by atoms with Crippen molar-refractivity contribution in [2.75, 3.05) is 46.0 Å². The lowest BCUT2D eigenvalue weighted by molar-refractivity contribution is 0.0631. The van der Waals surface area contributed by atoms with Gasteiger partial charge >= 0.3 is 0 Å². The molecule has 2 aromatic rings. The average molecular weight is 397 g/mol. The van der Waals surface area contributed by atoms with Gasteiger partial charge in [-0.2, -0.15) is 0 Å². The van der Waals surface area contributed by atoms with Gasteiger partial charge in [0.25, 0.3) is 0 Å². The summed E-state index contributed by atoms with van der Waals surface area (Å²) in [6.07, 6.45) is 1.62. The van der Waals surface area contributed by atoms with Crippen LogP contribution in [-0.4, -0.2) is 67.0 Å². The van der Waals surface area contributed by atoms with E-state index in [1.165, 1.54) is 16.7 Å². The summed E-state index contributed by atoms with van der Waals surface area (Å²) in [6, 6.07) is 16.8. The highest BCUT2D eigenvalue weighted by atomic mass is 16.5. The quantitative estimate of drug-likeness (QED) is 0.780. The largest absolute Gasteiger partial charge is 0.491 e. The van der Waals surface area contributed by atoms with Gasteiger partial charge in [-0.15, -0.1) is 0 Å². The Hall–Kier alpha value is -1.92. The molecule has 0 aromatic heterocycles. The van der Waals surface area contributed by atoms with Crippen LogP contribution < -0.4 is 4.74 Å². The first-order chi connectivity index (χ1) is 14.3. The van der Waals surface area contributed by atoms with Crippen LogP contribution in [-0.2, 0) is 24.2 Å². The van der Waals surface area contributed by atoms with Crippen molar-refractivity contribution in [3.8, 4) is 5.75 Å². The minimum atomic E-state index is -0.500. The van der Waals surface area contributed by atoms with E-state index < -0.39 is 6.10 Å². The van der Waals surface area contributed by atoms with E-state index in [4.69, 9.17) is 9.47 Å². The molecule has 0 bridgehead atoms. The van der Waals surface area contributed by atoms with Gasteiger partial charge in [-0.3, -0.25) is 9.80 Å². The molecule has 29 heavy (non-hydrogen) atoms. The summed E-state index contributed by atoms with van der Waals surface area (Å²) in [6.45, 7) is 7.35. The van der Waals surface area contributed by atoms with Gasteiger partial charge in [0.05, 0.1) is 6.61 Å². The van der Waals surface area contributed by atoms with E-state index in [1.54, 1.807) is 0 Å². The molecule has 2 heterocycles. The van der Waals surface area contributed by atoms with Gasteiger partial charge in [-0.1, -0.05) is 42.5 Å². The molecule has 4 rings (SSSR count). The fourth-order valence-electron chi connectivity index (χ4n) is 4.22. The van der Waals surface area contributed by atoms with E-state index in [0.717, 1.165) is 64.5 Å². The monoisotopic (exact) mass is 396 g/mol. The van der Waals surface area contributed by atoms with Crippen molar-refractivity contribution in [2.45, 2.75) is 32.0 Å². The van der Waals surface area contributed by atoms with Crippen LogP contribution in [0.15, 0.2) is 48.5 Å². The van der Waals surface area contributed by atoms with Gasteiger partial charge in [-0.05, 0) is 30.0 Å². The number of para-hydroxylation sites is 1. The number of hydrogen-bond acceptors (Lipinski definition) is 5. The Bertz CT molecular complexity index is 774. The summed E-state index contributed by atoms with van der Waals surface area (Å²) in [5.41, 5.74) is 3.98. The van der Waals surface area contributed by atoms with Gasteiger partial charge in [-0.25, -0.2) is 0 Å². The molecule has 1 unspecified atom stereocenters. The third-order valence-corrected chi connectivity index (χ3v) is 5.79. The lowest BCUT2D eigenvalue weighted by atomic mass is 10.00. The van der Waals surface area contributed by atoms with Crippen molar-refractivity contribution < 1.29 is 14.6 Å². The Labute approximate surface area is 173 Å². The second kappa shape index (κ2) is 10.2. The number of hydrogen-bond donors (Lipinski definition) is 1. The summed E-state index contributed by atoms with van der Waals surface area (Å²) in [7, 11) is 0. The van der Waals surface area contributed by atoms with E-state index in [2.05, 4.69) is 46.2 Å². The average Bonchev–Trinajstić information content (AvgIpc) is 3.02. The van der Waals surface area contributed by atoms with Gasteiger partial charge in [0.2, 0.25) is 0 Å². The summed E-state index contributed by atoms with van der Waals surface area (Å²) >= 11 is 0. The second-order valence-electron chi connectivity index (χ2n) is 8.07. The number of fused-ring (bicyclic) bond motifs is 1. The van der Waals surface area contributed by atoms with Crippen LogP contribution >= 0.6 is 0 Å². The van der Waals surface area contributed by atoms with Crippen molar-refractivity contribution in [2.24, 2.45) is 0 Å². The molecule has 5 heteroatoms. The highest BCUT2D eigenvalue weighted by Gasteiger charge is 2.19. The maximum Gasteiger partial charge on any atom is 0.123 e. The van der Waals surface area contributed by atoms with Gasteiger partial charge in [0.15, 0.2) is 0 Å². The zero-order valence-electron chi connectivity index (χ0n) is 17.1. The number of ether oxygens (including phenoxy) is 2. The Morgan fingerprint density at radius 3 is 2.69 bits per heavy atom. The van der Waals surface area contributed by atoms with Gasteiger partial charge in [0.1, 0.15) is 18.5 Å². The van der Waals surface area contributed by atoms with Crippen LogP contribution in [0.2, 0.25) is 0 Å². The lowest BCUT2D eigenvalue weighted by Gasteiger charge is -2.30. The standard InChI is InChI=1S/C24H32N2O3/c27-23(18-26-12-10-20-6-1-2-7-21(20)16-26)19-29-24-9-4-3-8-22(24)17-25-11-5-14-28-15-13-25/h1-4,6-9,23,27H,5,10-19H2. The summed E-state index contributed by atoms with van der Waals surface area (Å²) in [5.74, 6) is 0.876. The Balaban J connectivity index is 1.29. The normalized spacial score (nSPS) is 19.3. The fourth-order valence-corrected chi connectivity index (χ4v) is 4.22. The second-order valence-corrected chi connectivity index (χ2v) is 8.07. The molecule has 1 N–H and O–H groups in total. The Kier molecular flexibility index (Phi) is 7.17. The molecular weight excluding hydrogens is 364 g/mol. The van der Waals surface area contributed by atoms with Gasteiger partial charge < -0.3 is 14.6 Å². The van der Waals surface area contributed by atoms with Crippen LogP contribution in [0.3, 0.4) is 0 Å². The zero-order valence-corrected chi connectivity index (χ0v) is 17.1. The molecular formula is C24H32N2O3. The van der Waals surface area contributed by atoms with E-state index in [9.17, 15) is 5.11 Å². The van der Waals surface area contributed by atoms with Crippen molar-refractivity contribution in [1.29, 1.82) is 0 Å². The van der Waals surface area contributed by atoms with E-state index >= 15 is 0 Å². The fraction of sp³-hybridized carbons (Fsp3) is 0.500. The molecule has 0 spiro atoms. The molecule has 156 valence electrons. The molecule has 0 aliphatic carbocycles. The summed E-state index contributed by atoms with van der Waals surface area (Å²) in [4.78, 5) is 4.73. The lowest BCUT2D eigenvalue weighted by Crippen LogP contribution is -2.38. The smallest absolute Gasteiger partial charge is 0.123 e. The van der Waals surface area contributed by atoms with Crippen molar-refractivity contribution in [1.82, 2.24) is 9.80 Å². The summed E-state index contributed by atoms with van der Waals surface area (Å²) < 4.78 is 11.6. The van der Waals surface area contributed by atoms with E-state index in [-0.39, 0.29) is 0 Å². The third-order valence-electron chi connectivity index (χ3n) is 5.79. The predicted octanol–water partition coefficient (Wildman–Crippen LogP) is 2.71. The molecule has 0 radical (unpaired) electrons. The zero-order chi connectivity index (χ0) is 19.9. The molecule has 2 aliphatic heterocycles. The van der Waals surface area contributed by atoms with Crippen molar-refractivity contribution in [3.63, 3.8) is 0 Å². The topological polar surface area (TPSA) is 45.2 Å². The molecule has 1 fully saturated rings. The molecule has 0 saturated carbocycles. The predicted molar refractivity (Wildman–Crippen MR) is 114 cm³/mol. The third kappa shape index (κ3) is 5.80. The number of nitrogens with zero attached hydrogens (tertiary/aromatic N) is 2. The Morgan fingerprint density at radius 1 is 0.931 bits per heavy atom. The molecule has 2 aliphatic rings. The minimum Gasteiger partial charge on any atom is -0.491 e.